The predicted molar refractivity (Wildman–Crippen MR) is 75.9 cm³/mol. The van der Waals surface area contributed by atoms with Crippen molar-refractivity contribution < 1.29 is 4.74 Å². The van der Waals surface area contributed by atoms with E-state index in [2.05, 4.69) is 33.9 Å². The largest absolute Gasteiger partial charge is 0.463 e. The van der Waals surface area contributed by atoms with E-state index in [1.807, 2.05) is 13.0 Å². The summed E-state index contributed by atoms with van der Waals surface area (Å²) in [4.78, 5) is 12.4. The summed E-state index contributed by atoms with van der Waals surface area (Å²) in [5.41, 5.74) is 7.75. The van der Waals surface area contributed by atoms with Crippen LogP contribution in [0.3, 0.4) is 0 Å². The van der Waals surface area contributed by atoms with E-state index in [1.165, 1.54) is 0 Å². The van der Waals surface area contributed by atoms with E-state index in [-0.39, 0.29) is 12.0 Å². The molecule has 0 bridgehead atoms. The first kappa shape index (κ1) is 14.2. The standard InChI is InChI=1S/C13H20N6O/c1-4-7-20-13-16-11(14)15-12(17-13)19-10(6-3)8-9(5-2)18-19/h8H,4-7H2,1-3H3,(H2,14,15,16,17). The molecule has 20 heavy (non-hydrogen) atoms. The molecule has 7 heteroatoms. The minimum absolute atomic E-state index is 0.136. The average Bonchev–Trinajstić information content (AvgIpc) is 2.88. The fourth-order valence-electron chi connectivity index (χ4n) is 1.79. The maximum Gasteiger partial charge on any atom is 0.323 e. The smallest absolute Gasteiger partial charge is 0.323 e. The summed E-state index contributed by atoms with van der Waals surface area (Å²) in [6.07, 6.45) is 2.58. The van der Waals surface area contributed by atoms with Crippen molar-refractivity contribution in [3.8, 4) is 12.0 Å². The summed E-state index contributed by atoms with van der Waals surface area (Å²) < 4.78 is 7.13. The Kier molecular flexibility index (Phi) is 4.49. The fraction of sp³-hybridized carbons (Fsp3) is 0.538. The van der Waals surface area contributed by atoms with Gasteiger partial charge in [0.1, 0.15) is 0 Å². The van der Waals surface area contributed by atoms with Crippen LogP contribution in [0.15, 0.2) is 6.07 Å². The Morgan fingerprint density at radius 1 is 1.15 bits per heavy atom. The van der Waals surface area contributed by atoms with Crippen LogP contribution in [-0.2, 0) is 12.8 Å². The topological polar surface area (TPSA) is 91.7 Å². The van der Waals surface area contributed by atoms with Crippen molar-refractivity contribution in [1.82, 2.24) is 24.7 Å². The Balaban J connectivity index is 2.40. The molecule has 0 aliphatic heterocycles. The number of aromatic nitrogens is 5. The molecule has 2 heterocycles. The molecule has 0 aromatic carbocycles. The van der Waals surface area contributed by atoms with Gasteiger partial charge in [0, 0.05) is 5.69 Å². The van der Waals surface area contributed by atoms with Gasteiger partial charge >= 0.3 is 6.01 Å². The lowest BCUT2D eigenvalue weighted by molar-refractivity contribution is 0.291. The lowest BCUT2D eigenvalue weighted by atomic mass is 10.3. The van der Waals surface area contributed by atoms with Crippen molar-refractivity contribution >= 4 is 5.95 Å². The second-order valence-corrected chi connectivity index (χ2v) is 4.37. The van der Waals surface area contributed by atoms with Crippen LogP contribution in [0.1, 0.15) is 38.6 Å². The first-order valence-corrected chi connectivity index (χ1v) is 6.90. The summed E-state index contributed by atoms with van der Waals surface area (Å²) in [5, 5.41) is 4.49. The van der Waals surface area contributed by atoms with Crippen molar-refractivity contribution in [2.75, 3.05) is 12.3 Å². The number of ether oxygens (including phenoxy) is 1. The number of rotatable bonds is 6. The van der Waals surface area contributed by atoms with Gasteiger partial charge in [-0.2, -0.15) is 20.1 Å². The number of aryl methyl sites for hydroxylation is 2. The lowest BCUT2D eigenvalue weighted by Gasteiger charge is -2.07. The Morgan fingerprint density at radius 2 is 1.95 bits per heavy atom. The van der Waals surface area contributed by atoms with Gasteiger partial charge in [-0.15, -0.1) is 0 Å². The SMILES string of the molecule is CCCOc1nc(N)nc(-n2nc(CC)cc2CC)n1. The molecular formula is C13H20N6O. The van der Waals surface area contributed by atoms with E-state index >= 15 is 0 Å². The summed E-state index contributed by atoms with van der Waals surface area (Å²) in [6.45, 7) is 6.68. The zero-order chi connectivity index (χ0) is 14.5. The Hall–Kier alpha value is -2.18. The molecule has 0 radical (unpaired) electrons. The highest BCUT2D eigenvalue weighted by molar-refractivity contribution is 5.27. The average molecular weight is 276 g/mol. The van der Waals surface area contributed by atoms with E-state index in [0.29, 0.717) is 12.6 Å². The second kappa shape index (κ2) is 6.31. The highest BCUT2D eigenvalue weighted by Gasteiger charge is 2.13. The first-order valence-electron chi connectivity index (χ1n) is 6.90. The first-order chi connectivity index (χ1) is 9.67. The van der Waals surface area contributed by atoms with Crippen LogP contribution in [0.4, 0.5) is 5.95 Å². The van der Waals surface area contributed by atoms with E-state index in [9.17, 15) is 0 Å². The molecule has 2 N–H and O–H groups in total. The third-order valence-electron chi connectivity index (χ3n) is 2.80. The quantitative estimate of drug-likeness (QED) is 0.860. The Bertz CT molecular complexity index is 580. The summed E-state index contributed by atoms with van der Waals surface area (Å²) in [5.74, 6) is 0.539. The minimum Gasteiger partial charge on any atom is -0.463 e. The maximum atomic E-state index is 5.72. The number of anilines is 1. The molecule has 0 saturated carbocycles. The Morgan fingerprint density at radius 3 is 2.60 bits per heavy atom. The van der Waals surface area contributed by atoms with Crippen LogP contribution < -0.4 is 10.5 Å². The van der Waals surface area contributed by atoms with Crippen LogP contribution in [-0.4, -0.2) is 31.3 Å². The van der Waals surface area contributed by atoms with Gasteiger partial charge < -0.3 is 10.5 Å². The van der Waals surface area contributed by atoms with Crippen molar-refractivity contribution in [2.45, 2.75) is 40.0 Å². The molecule has 0 spiro atoms. The lowest BCUT2D eigenvalue weighted by Crippen LogP contribution is -2.12. The molecule has 0 saturated heterocycles. The number of hydrogen-bond donors (Lipinski definition) is 1. The highest BCUT2D eigenvalue weighted by Crippen LogP contribution is 2.14. The van der Waals surface area contributed by atoms with Crippen LogP contribution in [0.25, 0.3) is 5.95 Å². The number of nitrogen functional groups attached to an aromatic ring is 1. The molecule has 2 aromatic rings. The van der Waals surface area contributed by atoms with Gasteiger partial charge in [-0.25, -0.2) is 4.68 Å². The van der Waals surface area contributed by atoms with E-state index in [4.69, 9.17) is 10.5 Å². The molecule has 7 nitrogen and oxygen atoms in total. The molecule has 2 rings (SSSR count). The zero-order valence-corrected chi connectivity index (χ0v) is 12.1. The van der Waals surface area contributed by atoms with Crippen LogP contribution in [0, 0.1) is 0 Å². The van der Waals surface area contributed by atoms with E-state index < -0.39 is 0 Å². The monoisotopic (exact) mass is 276 g/mol. The van der Waals surface area contributed by atoms with Gasteiger partial charge in [0.25, 0.3) is 5.95 Å². The third-order valence-corrected chi connectivity index (χ3v) is 2.80. The van der Waals surface area contributed by atoms with Crippen molar-refractivity contribution in [3.63, 3.8) is 0 Å². The third kappa shape index (κ3) is 3.04. The number of nitrogens with two attached hydrogens (primary N) is 1. The molecule has 2 aromatic heterocycles. The van der Waals surface area contributed by atoms with Gasteiger partial charge in [0.2, 0.25) is 5.95 Å². The van der Waals surface area contributed by atoms with Crippen LogP contribution in [0.2, 0.25) is 0 Å². The van der Waals surface area contributed by atoms with Gasteiger partial charge in [-0.05, 0) is 25.3 Å². The fourth-order valence-corrected chi connectivity index (χ4v) is 1.79. The van der Waals surface area contributed by atoms with Gasteiger partial charge in [0.05, 0.1) is 12.3 Å². The van der Waals surface area contributed by atoms with Crippen molar-refractivity contribution in [1.29, 1.82) is 0 Å². The molecule has 0 amide bonds. The van der Waals surface area contributed by atoms with Crippen molar-refractivity contribution in [2.24, 2.45) is 0 Å². The van der Waals surface area contributed by atoms with E-state index in [0.717, 1.165) is 30.7 Å². The normalized spacial score (nSPS) is 10.8. The number of nitrogens with zero attached hydrogens (tertiary/aromatic N) is 5. The molecule has 0 aliphatic rings. The molecular weight excluding hydrogens is 256 g/mol. The van der Waals surface area contributed by atoms with E-state index in [1.54, 1.807) is 4.68 Å². The minimum atomic E-state index is 0.136. The van der Waals surface area contributed by atoms with Gasteiger partial charge in [-0.3, -0.25) is 0 Å². The maximum absolute atomic E-state index is 5.72. The van der Waals surface area contributed by atoms with Crippen LogP contribution in [0.5, 0.6) is 6.01 Å². The summed E-state index contributed by atoms with van der Waals surface area (Å²) in [6, 6.07) is 2.29. The van der Waals surface area contributed by atoms with Gasteiger partial charge in [0.15, 0.2) is 0 Å². The summed E-state index contributed by atoms with van der Waals surface area (Å²) in [7, 11) is 0. The van der Waals surface area contributed by atoms with Crippen molar-refractivity contribution in [3.05, 3.63) is 17.5 Å². The van der Waals surface area contributed by atoms with Crippen LogP contribution >= 0.6 is 0 Å². The molecule has 0 fully saturated rings. The van der Waals surface area contributed by atoms with Gasteiger partial charge in [-0.1, -0.05) is 20.8 Å². The Labute approximate surface area is 118 Å². The highest BCUT2D eigenvalue weighted by atomic mass is 16.5. The predicted octanol–water partition coefficient (Wildman–Crippen LogP) is 1.55. The summed E-state index contributed by atoms with van der Waals surface area (Å²) >= 11 is 0. The zero-order valence-electron chi connectivity index (χ0n) is 12.1. The molecule has 0 atom stereocenters. The number of hydrogen-bond acceptors (Lipinski definition) is 6. The molecule has 0 unspecified atom stereocenters. The molecule has 0 aliphatic carbocycles. The second-order valence-electron chi connectivity index (χ2n) is 4.37. The molecule has 108 valence electrons.